The maximum atomic E-state index is 10.8. The molecule has 1 aromatic rings. The molecule has 0 saturated heterocycles. The van der Waals surface area contributed by atoms with E-state index < -0.39 is 11.9 Å². The van der Waals surface area contributed by atoms with Crippen molar-refractivity contribution in [2.45, 2.75) is 0 Å². The molecular weight excluding hydrogens is 218 g/mol. The number of aromatic carboxylic acids is 1. The highest BCUT2D eigenvalue weighted by atomic mass is 35.5. The molecule has 3 N–H and O–H groups in total. The van der Waals surface area contributed by atoms with Crippen molar-refractivity contribution >= 4 is 29.6 Å². The highest BCUT2D eigenvalue weighted by molar-refractivity contribution is 6.30. The zero-order valence-electron chi connectivity index (χ0n) is 7.61. The van der Waals surface area contributed by atoms with Crippen LogP contribution in [0.5, 0.6) is 0 Å². The number of carbonyl (C=O) groups is 2. The van der Waals surface area contributed by atoms with Crippen molar-refractivity contribution in [2.75, 3.05) is 0 Å². The van der Waals surface area contributed by atoms with E-state index in [0.29, 0.717) is 10.6 Å². The van der Waals surface area contributed by atoms with Crippen LogP contribution in [0.2, 0.25) is 5.02 Å². The van der Waals surface area contributed by atoms with Crippen LogP contribution in [-0.2, 0) is 4.79 Å². The summed E-state index contributed by atoms with van der Waals surface area (Å²) in [6, 6.07) is 4.28. The summed E-state index contributed by atoms with van der Waals surface area (Å²) in [4.78, 5) is 21.3. The van der Waals surface area contributed by atoms with E-state index in [1.165, 1.54) is 24.3 Å². The van der Waals surface area contributed by atoms with Crippen molar-refractivity contribution in [1.29, 1.82) is 0 Å². The summed E-state index contributed by atoms with van der Waals surface area (Å²) in [6.07, 6.45) is 2.40. The van der Waals surface area contributed by atoms with E-state index in [1.807, 2.05) is 0 Å². The van der Waals surface area contributed by atoms with E-state index in [2.05, 4.69) is 0 Å². The molecule has 0 saturated carbocycles. The lowest BCUT2D eigenvalue weighted by Crippen LogP contribution is -2.06. The molecule has 0 aliphatic heterocycles. The number of amides is 1. The third-order valence-corrected chi connectivity index (χ3v) is 1.91. The van der Waals surface area contributed by atoms with Crippen LogP contribution in [0.3, 0.4) is 0 Å². The lowest BCUT2D eigenvalue weighted by Gasteiger charge is -2.00. The van der Waals surface area contributed by atoms with Crippen LogP contribution in [0.1, 0.15) is 15.9 Å². The monoisotopic (exact) mass is 225 g/mol. The number of rotatable bonds is 3. The van der Waals surface area contributed by atoms with Crippen LogP contribution in [0.15, 0.2) is 24.3 Å². The van der Waals surface area contributed by atoms with Crippen molar-refractivity contribution in [2.24, 2.45) is 5.73 Å². The van der Waals surface area contributed by atoms with Gasteiger partial charge in [-0.15, -0.1) is 0 Å². The van der Waals surface area contributed by atoms with Crippen molar-refractivity contribution in [3.63, 3.8) is 0 Å². The summed E-state index contributed by atoms with van der Waals surface area (Å²) >= 11 is 5.69. The molecule has 0 radical (unpaired) electrons. The summed E-state index contributed by atoms with van der Waals surface area (Å²) in [5, 5.41) is 9.22. The van der Waals surface area contributed by atoms with Crippen LogP contribution < -0.4 is 5.73 Å². The number of nitrogens with two attached hydrogens (primary N) is 1. The van der Waals surface area contributed by atoms with Crippen molar-refractivity contribution in [1.82, 2.24) is 0 Å². The number of carboxylic acids is 1. The van der Waals surface area contributed by atoms with Crippen LogP contribution in [0.4, 0.5) is 0 Å². The summed E-state index contributed by atoms with van der Waals surface area (Å²) in [7, 11) is 0. The molecule has 1 amide bonds. The Balaban J connectivity index is 3.18. The maximum absolute atomic E-state index is 10.8. The molecular formula is C10H8ClNO3. The maximum Gasteiger partial charge on any atom is 0.336 e. The van der Waals surface area contributed by atoms with E-state index in [1.54, 1.807) is 0 Å². The predicted octanol–water partition coefficient (Wildman–Crippen LogP) is 1.54. The van der Waals surface area contributed by atoms with Crippen LogP contribution in [0.25, 0.3) is 6.08 Å². The Labute approximate surface area is 91.0 Å². The average Bonchev–Trinajstić information content (AvgIpc) is 2.14. The van der Waals surface area contributed by atoms with Gasteiger partial charge in [-0.2, -0.15) is 0 Å². The van der Waals surface area contributed by atoms with Gasteiger partial charge in [0.05, 0.1) is 5.56 Å². The molecule has 0 spiro atoms. The third kappa shape index (κ3) is 3.11. The van der Waals surface area contributed by atoms with E-state index in [-0.39, 0.29) is 5.56 Å². The Morgan fingerprint density at radius 3 is 2.60 bits per heavy atom. The van der Waals surface area contributed by atoms with Gasteiger partial charge in [-0.25, -0.2) is 4.79 Å². The summed E-state index contributed by atoms with van der Waals surface area (Å²) in [5.74, 6) is -1.73. The highest BCUT2D eigenvalue weighted by Crippen LogP contribution is 2.17. The van der Waals surface area contributed by atoms with Gasteiger partial charge >= 0.3 is 5.97 Å². The second-order valence-corrected chi connectivity index (χ2v) is 3.21. The second kappa shape index (κ2) is 4.61. The van der Waals surface area contributed by atoms with Gasteiger partial charge in [-0.05, 0) is 29.8 Å². The number of hydrogen-bond donors (Lipinski definition) is 2. The molecule has 0 aliphatic rings. The van der Waals surface area contributed by atoms with Gasteiger partial charge in [0.1, 0.15) is 0 Å². The normalized spacial score (nSPS) is 10.5. The zero-order chi connectivity index (χ0) is 11.4. The standard InChI is InChI=1S/C10H8ClNO3/c11-7-2-3-8(10(14)15)6(5-7)1-4-9(12)13/h1-5H,(H2,12,13)(H,14,15). The Bertz CT molecular complexity index is 440. The van der Waals surface area contributed by atoms with Crippen molar-refractivity contribution < 1.29 is 14.7 Å². The molecule has 78 valence electrons. The Morgan fingerprint density at radius 2 is 2.07 bits per heavy atom. The largest absolute Gasteiger partial charge is 0.478 e. The molecule has 5 heteroatoms. The fourth-order valence-corrected chi connectivity index (χ4v) is 1.22. The molecule has 0 atom stereocenters. The van der Waals surface area contributed by atoms with E-state index in [0.717, 1.165) is 6.08 Å². The minimum atomic E-state index is -1.09. The van der Waals surface area contributed by atoms with Crippen molar-refractivity contribution in [3.8, 4) is 0 Å². The quantitative estimate of drug-likeness (QED) is 0.766. The molecule has 4 nitrogen and oxygen atoms in total. The summed E-state index contributed by atoms with van der Waals surface area (Å²) in [5.41, 5.74) is 5.31. The fourth-order valence-electron chi connectivity index (χ4n) is 1.04. The SMILES string of the molecule is NC(=O)C=Cc1cc(Cl)ccc1C(=O)O. The Hall–Kier alpha value is -1.81. The number of halogens is 1. The molecule has 15 heavy (non-hydrogen) atoms. The third-order valence-electron chi connectivity index (χ3n) is 1.67. The minimum absolute atomic E-state index is 0.0666. The summed E-state index contributed by atoms with van der Waals surface area (Å²) < 4.78 is 0. The minimum Gasteiger partial charge on any atom is -0.478 e. The first-order valence-electron chi connectivity index (χ1n) is 4.01. The topological polar surface area (TPSA) is 80.4 Å². The zero-order valence-corrected chi connectivity index (χ0v) is 8.36. The van der Waals surface area contributed by atoms with Crippen LogP contribution in [-0.4, -0.2) is 17.0 Å². The van der Waals surface area contributed by atoms with Gasteiger partial charge in [0.2, 0.25) is 5.91 Å². The number of primary amides is 1. The molecule has 1 aromatic carbocycles. The Kier molecular flexibility index (Phi) is 3.46. The Morgan fingerprint density at radius 1 is 1.40 bits per heavy atom. The van der Waals surface area contributed by atoms with Gasteiger partial charge in [0.25, 0.3) is 0 Å². The van der Waals surface area contributed by atoms with Crippen molar-refractivity contribution in [3.05, 3.63) is 40.4 Å². The fraction of sp³-hybridized carbons (Fsp3) is 0. The van der Waals surface area contributed by atoms with Crippen LogP contribution in [0, 0.1) is 0 Å². The van der Waals surface area contributed by atoms with E-state index >= 15 is 0 Å². The van der Waals surface area contributed by atoms with Crippen LogP contribution >= 0.6 is 11.6 Å². The smallest absolute Gasteiger partial charge is 0.336 e. The highest BCUT2D eigenvalue weighted by Gasteiger charge is 2.07. The second-order valence-electron chi connectivity index (χ2n) is 2.77. The molecule has 0 unspecified atom stereocenters. The molecule has 0 bridgehead atoms. The first-order chi connectivity index (χ1) is 7.00. The lowest BCUT2D eigenvalue weighted by atomic mass is 10.1. The van der Waals surface area contributed by atoms with E-state index in [4.69, 9.17) is 22.4 Å². The van der Waals surface area contributed by atoms with Gasteiger partial charge in [0.15, 0.2) is 0 Å². The summed E-state index contributed by atoms with van der Waals surface area (Å²) in [6.45, 7) is 0. The average molecular weight is 226 g/mol. The molecule has 0 fully saturated rings. The van der Waals surface area contributed by atoms with Gasteiger partial charge < -0.3 is 10.8 Å². The van der Waals surface area contributed by atoms with E-state index in [9.17, 15) is 9.59 Å². The predicted molar refractivity (Wildman–Crippen MR) is 56.6 cm³/mol. The number of carboxylic acid groups (broad SMARTS) is 1. The van der Waals surface area contributed by atoms with Gasteiger partial charge in [0, 0.05) is 11.1 Å². The first-order valence-corrected chi connectivity index (χ1v) is 4.39. The molecule has 0 aliphatic carbocycles. The molecule has 1 rings (SSSR count). The van der Waals surface area contributed by atoms with Gasteiger partial charge in [-0.1, -0.05) is 11.6 Å². The van der Waals surface area contributed by atoms with Gasteiger partial charge in [-0.3, -0.25) is 4.79 Å². The first kappa shape index (κ1) is 11.3. The number of hydrogen-bond acceptors (Lipinski definition) is 2. The number of benzene rings is 1. The molecule has 0 aromatic heterocycles. The molecule has 0 heterocycles. The lowest BCUT2D eigenvalue weighted by molar-refractivity contribution is -0.113. The number of carbonyl (C=O) groups excluding carboxylic acids is 1.